The Labute approximate surface area is 107 Å². The van der Waals surface area contributed by atoms with Gasteiger partial charge in [-0.05, 0) is 19.1 Å². The van der Waals surface area contributed by atoms with Crippen LogP contribution in [0.25, 0.3) is 0 Å². The van der Waals surface area contributed by atoms with Crippen molar-refractivity contribution in [3.05, 3.63) is 30.6 Å². The molecule has 0 saturated carbocycles. The van der Waals surface area contributed by atoms with E-state index in [-0.39, 0.29) is 37.6 Å². The topological polar surface area (TPSA) is 76.5 Å². The molecule has 0 atom stereocenters. The molecule has 76 valence electrons. The molecule has 7 heteroatoms. The number of hydrogen-bond acceptors (Lipinski definition) is 4. The van der Waals surface area contributed by atoms with Gasteiger partial charge in [-0.2, -0.15) is 8.42 Å². The molecule has 0 saturated heterocycles. The number of pyridine rings is 1. The number of rotatable bonds is 2. The largest absolute Gasteiger partial charge is 1.00 e. The Bertz CT molecular complexity index is 281. The summed E-state index contributed by atoms with van der Waals surface area (Å²) in [5.74, 6) is 0. The molecule has 5 nitrogen and oxygen atoms in total. The van der Waals surface area contributed by atoms with E-state index in [2.05, 4.69) is 9.17 Å². The minimum absolute atomic E-state index is 0. The van der Waals surface area contributed by atoms with Crippen LogP contribution >= 0.6 is 0 Å². The quantitative estimate of drug-likeness (QED) is 0.470. The van der Waals surface area contributed by atoms with E-state index in [1.807, 2.05) is 18.2 Å². The second kappa shape index (κ2) is 9.57. The fraction of sp³-hybridized carbons (Fsp3) is 0.286. The van der Waals surface area contributed by atoms with Crippen molar-refractivity contribution in [3.63, 3.8) is 0 Å². The zero-order valence-electron chi connectivity index (χ0n) is 9.12. The Kier molecular flexibility index (Phi) is 11.2. The molecule has 1 aromatic heterocycles. The van der Waals surface area contributed by atoms with E-state index in [1.54, 1.807) is 12.4 Å². The maximum absolute atomic E-state index is 9.56. The van der Waals surface area contributed by atoms with E-state index in [4.69, 9.17) is 4.55 Å². The van der Waals surface area contributed by atoms with Crippen molar-refractivity contribution >= 4 is 10.4 Å². The Hall–Kier alpha value is 0.0200. The maximum Gasteiger partial charge on any atom is 1.00 e. The van der Waals surface area contributed by atoms with E-state index in [9.17, 15) is 8.42 Å². The van der Waals surface area contributed by atoms with Gasteiger partial charge in [0.25, 0.3) is 0 Å². The number of aromatic nitrogens is 1. The second-order valence-electron chi connectivity index (χ2n) is 1.86. The third-order valence-corrected chi connectivity index (χ3v) is 1.37. The molecular weight excluding hydrogens is 217 g/mol. The zero-order valence-corrected chi connectivity index (χ0v) is 10.9. The molecule has 0 unspecified atom stereocenters. The molecular formula is C7H12NNaO4S. The molecule has 0 aliphatic rings. The third-order valence-electron chi connectivity index (χ3n) is 0.833. The average Bonchev–Trinajstić information content (AvgIpc) is 2.06. The predicted octanol–water partition coefficient (Wildman–Crippen LogP) is -1.98. The van der Waals surface area contributed by atoms with Crippen LogP contribution in [0.2, 0.25) is 0 Å². The smallest absolute Gasteiger partial charge is 1.00 e. The Balaban J connectivity index is -0.000000170. The van der Waals surface area contributed by atoms with Crippen molar-refractivity contribution in [3.8, 4) is 0 Å². The Morgan fingerprint density at radius 3 is 1.93 bits per heavy atom. The molecule has 1 rings (SSSR count). The predicted molar refractivity (Wildman–Crippen MR) is 48.5 cm³/mol. The van der Waals surface area contributed by atoms with E-state index < -0.39 is 10.4 Å². The molecule has 0 fully saturated rings. The molecule has 14 heavy (non-hydrogen) atoms. The van der Waals surface area contributed by atoms with Gasteiger partial charge in [0, 0.05) is 12.4 Å². The molecule has 1 N–H and O–H groups in total. The molecule has 0 amide bonds. The fourth-order valence-electron chi connectivity index (χ4n) is 0.462. The van der Waals surface area contributed by atoms with Crippen LogP contribution in [0.3, 0.4) is 0 Å². The summed E-state index contributed by atoms with van der Waals surface area (Å²) in [6.45, 7) is 1.44. The summed E-state index contributed by atoms with van der Waals surface area (Å²) in [4.78, 5) is 3.78. The van der Waals surface area contributed by atoms with E-state index in [1.165, 1.54) is 6.92 Å². The van der Waals surface area contributed by atoms with Crippen molar-refractivity contribution in [2.75, 3.05) is 6.61 Å². The average molecular weight is 229 g/mol. The van der Waals surface area contributed by atoms with E-state index >= 15 is 0 Å². The summed E-state index contributed by atoms with van der Waals surface area (Å²) in [6.07, 6.45) is 3.50. The van der Waals surface area contributed by atoms with Crippen molar-refractivity contribution in [1.29, 1.82) is 0 Å². The van der Waals surface area contributed by atoms with Gasteiger partial charge in [0.05, 0.1) is 6.61 Å². The van der Waals surface area contributed by atoms with Crippen LogP contribution in [0, 0.1) is 0 Å². The molecule has 0 radical (unpaired) electrons. The molecule has 0 bridgehead atoms. The fourth-order valence-corrected chi connectivity index (χ4v) is 0.759. The van der Waals surface area contributed by atoms with Gasteiger partial charge in [-0.15, -0.1) is 0 Å². The Morgan fingerprint density at radius 2 is 1.86 bits per heavy atom. The van der Waals surface area contributed by atoms with Crippen LogP contribution in [0.1, 0.15) is 8.35 Å². The van der Waals surface area contributed by atoms with E-state index in [0.29, 0.717) is 0 Å². The first-order chi connectivity index (χ1) is 6.06. The summed E-state index contributed by atoms with van der Waals surface area (Å²) < 4.78 is 30.7. The van der Waals surface area contributed by atoms with E-state index in [0.717, 1.165) is 0 Å². The number of nitrogens with zero attached hydrogens (tertiary/aromatic N) is 1. The van der Waals surface area contributed by atoms with Crippen molar-refractivity contribution < 1.29 is 48.1 Å². The first-order valence-corrected chi connectivity index (χ1v) is 4.89. The van der Waals surface area contributed by atoms with Gasteiger partial charge >= 0.3 is 40.0 Å². The van der Waals surface area contributed by atoms with Crippen LogP contribution in [0.15, 0.2) is 30.6 Å². The van der Waals surface area contributed by atoms with Gasteiger partial charge in [0.1, 0.15) is 0 Å². The van der Waals surface area contributed by atoms with Crippen molar-refractivity contribution in [2.24, 2.45) is 0 Å². The normalized spacial score (nSPS) is 9.29. The van der Waals surface area contributed by atoms with Gasteiger partial charge < -0.3 is 1.43 Å². The van der Waals surface area contributed by atoms with Crippen LogP contribution in [0.4, 0.5) is 0 Å². The summed E-state index contributed by atoms with van der Waals surface area (Å²) in [5, 5.41) is 0. The van der Waals surface area contributed by atoms with Gasteiger partial charge in [-0.3, -0.25) is 9.54 Å². The van der Waals surface area contributed by atoms with Gasteiger partial charge in [0.2, 0.25) is 0 Å². The minimum Gasteiger partial charge on any atom is -1.00 e. The molecule has 0 aliphatic heterocycles. The minimum atomic E-state index is -4.17. The zero-order chi connectivity index (χ0) is 10.2. The summed E-state index contributed by atoms with van der Waals surface area (Å²) in [5.41, 5.74) is 0. The molecule has 1 aromatic rings. The third kappa shape index (κ3) is 14.5. The first kappa shape index (κ1) is 16.4. The standard InChI is InChI=1S/C5H5N.C2H6O4S.Na.H/c1-2-4-6-5-3-1;1-2-6-7(3,4)5;;/h1-5H;2H2,1H3,(H,3,4,5);;/q;;+1;-1. The summed E-state index contributed by atoms with van der Waals surface area (Å²) >= 11 is 0. The van der Waals surface area contributed by atoms with Crippen molar-refractivity contribution in [1.82, 2.24) is 4.98 Å². The second-order valence-corrected chi connectivity index (χ2v) is 2.95. The van der Waals surface area contributed by atoms with Crippen LogP contribution in [-0.4, -0.2) is 24.6 Å². The SMILES string of the molecule is CCOS(=O)(=O)O.[H-].[Na+].c1ccncc1. The summed E-state index contributed by atoms with van der Waals surface area (Å²) in [7, 11) is -4.17. The number of hydrogen-bond donors (Lipinski definition) is 1. The molecule has 0 aromatic carbocycles. The first-order valence-electron chi connectivity index (χ1n) is 3.53. The van der Waals surface area contributed by atoms with Crippen LogP contribution in [0.5, 0.6) is 0 Å². The molecule has 0 spiro atoms. The molecule has 1 heterocycles. The van der Waals surface area contributed by atoms with Crippen LogP contribution < -0.4 is 29.6 Å². The van der Waals surface area contributed by atoms with Crippen LogP contribution in [-0.2, 0) is 14.6 Å². The van der Waals surface area contributed by atoms with Gasteiger partial charge in [-0.25, -0.2) is 4.18 Å². The monoisotopic (exact) mass is 229 g/mol. The Morgan fingerprint density at radius 1 is 1.36 bits per heavy atom. The summed E-state index contributed by atoms with van der Waals surface area (Å²) in [6, 6.07) is 5.72. The van der Waals surface area contributed by atoms with Gasteiger partial charge in [0.15, 0.2) is 0 Å². The van der Waals surface area contributed by atoms with Crippen molar-refractivity contribution in [2.45, 2.75) is 6.92 Å². The maximum atomic E-state index is 9.56. The van der Waals surface area contributed by atoms with Gasteiger partial charge in [-0.1, -0.05) is 6.07 Å². The molecule has 0 aliphatic carbocycles.